The van der Waals surface area contributed by atoms with Crippen molar-refractivity contribution in [1.29, 1.82) is 0 Å². The third-order valence-electron chi connectivity index (χ3n) is 4.76. The molecule has 1 aromatic heterocycles. The maximum Gasteiger partial charge on any atom is 0.279 e. The summed E-state index contributed by atoms with van der Waals surface area (Å²) in [6.07, 6.45) is 4.09. The summed E-state index contributed by atoms with van der Waals surface area (Å²) < 4.78 is 5.57. The highest BCUT2D eigenvalue weighted by atomic mass is 32.1. The average molecular weight is 387 g/mol. The molecular formula is C21H26N2O3S. The summed E-state index contributed by atoms with van der Waals surface area (Å²) in [6, 6.07) is 9.66. The van der Waals surface area contributed by atoms with Gasteiger partial charge in [-0.2, -0.15) is 0 Å². The van der Waals surface area contributed by atoms with Gasteiger partial charge in [0.1, 0.15) is 5.75 Å². The van der Waals surface area contributed by atoms with E-state index in [9.17, 15) is 9.59 Å². The standard InChI is InChI=1S/C21H26N2O3S/c1-3-26-17-7-5-4-6-15(17)9-11-20(24)22-23-21(25)19-13-16-12-14(2)8-10-18(16)27-19/h4-7,13-14H,3,8-12H2,1-2H3,(H,22,24)(H,23,25)/t14-/m1/s1. The molecular weight excluding hydrogens is 360 g/mol. The normalized spacial score (nSPS) is 15.7. The van der Waals surface area contributed by atoms with E-state index in [1.165, 1.54) is 28.2 Å². The molecule has 0 aliphatic heterocycles. The zero-order chi connectivity index (χ0) is 19.2. The van der Waals surface area contributed by atoms with Crippen molar-refractivity contribution >= 4 is 23.2 Å². The van der Waals surface area contributed by atoms with Crippen molar-refractivity contribution in [3.63, 3.8) is 0 Å². The topological polar surface area (TPSA) is 67.4 Å². The van der Waals surface area contributed by atoms with Crippen LogP contribution in [0.15, 0.2) is 30.3 Å². The second-order valence-corrected chi connectivity index (χ2v) is 8.09. The van der Waals surface area contributed by atoms with Crippen molar-refractivity contribution in [1.82, 2.24) is 10.9 Å². The summed E-state index contributed by atoms with van der Waals surface area (Å²) in [7, 11) is 0. The first kappa shape index (κ1) is 19.4. The van der Waals surface area contributed by atoms with Crippen LogP contribution in [0.3, 0.4) is 0 Å². The van der Waals surface area contributed by atoms with Gasteiger partial charge in [-0.05, 0) is 61.8 Å². The molecule has 1 aliphatic rings. The summed E-state index contributed by atoms with van der Waals surface area (Å²) in [4.78, 5) is 26.4. The van der Waals surface area contributed by atoms with Crippen LogP contribution in [0.4, 0.5) is 0 Å². The maximum absolute atomic E-state index is 12.3. The Morgan fingerprint density at radius 1 is 1.26 bits per heavy atom. The number of ether oxygens (including phenoxy) is 1. The molecule has 0 saturated carbocycles. The summed E-state index contributed by atoms with van der Waals surface area (Å²) in [5, 5.41) is 0. The minimum absolute atomic E-state index is 0.218. The number of thiophene rings is 1. The molecule has 3 rings (SSSR count). The van der Waals surface area contributed by atoms with Gasteiger partial charge in [0.2, 0.25) is 5.91 Å². The molecule has 144 valence electrons. The predicted molar refractivity (Wildman–Crippen MR) is 107 cm³/mol. The second-order valence-electron chi connectivity index (χ2n) is 6.95. The Kier molecular flexibility index (Phi) is 6.50. The van der Waals surface area contributed by atoms with Crippen LogP contribution >= 0.6 is 11.3 Å². The van der Waals surface area contributed by atoms with E-state index in [1.807, 2.05) is 37.3 Å². The molecule has 0 bridgehead atoms. The summed E-state index contributed by atoms with van der Waals surface area (Å²) >= 11 is 1.53. The minimum atomic E-state index is -0.245. The molecule has 27 heavy (non-hydrogen) atoms. The van der Waals surface area contributed by atoms with Crippen LogP contribution in [0.5, 0.6) is 5.75 Å². The lowest BCUT2D eigenvalue weighted by molar-refractivity contribution is -0.121. The summed E-state index contributed by atoms with van der Waals surface area (Å²) in [5.74, 6) is 1.01. The molecule has 0 unspecified atom stereocenters. The maximum atomic E-state index is 12.3. The van der Waals surface area contributed by atoms with Crippen molar-refractivity contribution in [2.24, 2.45) is 5.92 Å². The lowest BCUT2D eigenvalue weighted by atomic mass is 9.90. The van der Waals surface area contributed by atoms with Crippen molar-refractivity contribution < 1.29 is 14.3 Å². The van der Waals surface area contributed by atoms with Gasteiger partial charge >= 0.3 is 0 Å². The quantitative estimate of drug-likeness (QED) is 0.745. The Hall–Kier alpha value is -2.34. The number of hydrazine groups is 1. The van der Waals surface area contributed by atoms with Gasteiger partial charge in [0.15, 0.2) is 0 Å². The predicted octanol–water partition coefficient (Wildman–Crippen LogP) is 3.67. The van der Waals surface area contributed by atoms with Gasteiger partial charge in [-0.1, -0.05) is 25.1 Å². The zero-order valence-electron chi connectivity index (χ0n) is 15.8. The smallest absolute Gasteiger partial charge is 0.279 e. The Labute approximate surface area is 164 Å². The first-order chi connectivity index (χ1) is 13.1. The number of para-hydroxylation sites is 1. The van der Waals surface area contributed by atoms with Gasteiger partial charge in [0.05, 0.1) is 11.5 Å². The highest BCUT2D eigenvalue weighted by molar-refractivity contribution is 7.14. The molecule has 1 aliphatic carbocycles. The molecule has 1 heterocycles. The van der Waals surface area contributed by atoms with Crippen LogP contribution in [-0.4, -0.2) is 18.4 Å². The number of hydrogen-bond donors (Lipinski definition) is 2. The lowest BCUT2D eigenvalue weighted by Crippen LogP contribution is -2.41. The Balaban J connectivity index is 1.49. The molecule has 5 nitrogen and oxygen atoms in total. The number of carbonyl (C=O) groups is 2. The van der Waals surface area contributed by atoms with E-state index in [4.69, 9.17) is 4.74 Å². The number of rotatable bonds is 6. The first-order valence-corrected chi connectivity index (χ1v) is 10.3. The first-order valence-electron chi connectivity index (χ1n) is 9.48. The van der Waals surface area contributed by atoms with E-state index in [0.29, 0.717) is 23.8 Å². The Morgan fingerprint density at radius 3 is 2.89 bits per heavy atom. The monoisotopic (exact) mass is 386 g/mol. The number of aryl methyl sites for hydroxylation is 2. The number of fused-ring (bicyclic) bond motifs is 1. The molecule has 1 atom stereocenters. The van der Waals surface area contributed by atoms with Gasteiger partial charge in [-0.15, -0.1) is 11.3 Å². The molecule has 0 saturated heterocycles. The highest BCUT2D eigenvalue weighted by Gasteiger charge is 2.20. The van der Waals surface area contributed by atoms with E-state index in [0.717, 1.165) is 24.2 Å². The van der Waals surface area contributed by atoms with Gasteiger partial charge in [-0.25, -0.2) is 0 Å². The SMILES string of the molecule is CCOc1ccccc1CCC(=O)NNC(=O)c1cc2c(s1)CC[C@@H](C)C2. The fourth-order valence-corrected chi connectivity index (χ4v) is 4.43. The Bertz CT molecular complexity index is 816. The van der Waals surface area contributed by atoms with Crippen LogP contribution in [-0.2, 0) is 24.1 Å². The van der Waals surface area contributed by atoms with Gasteiger partial charge < -0.3 is 4.74 Å². The van der Waals surface area contributed by atoms with E-state index in [-0.39, 0.29) is 18.2 Å². The van der Waals surface area contributed by atoms with E-state index < -0.39 is 0 Å². The van der Waals surface area contributed by atoms with Gasteiger partial charge in [-0.3, -0.25) is 20.4 Å². The highest BCUT2D eigenvalue weighted by Crippen LogP contribution is 2.32. The molecule has 6 heteroatoms. The van der Waals surface area contributed by atoms with Crippen molar-refractivity contribution in [3.8, 4) is 5.75 Å². The largest absolute Gasteiger partial charge is 0.494 e. The Morgan fingerprint density at radius 2 is 2.07 bits per heavy atom. The van der Waals surface area contributed by atoms with E-state index in [2.05, 4.69) is 17.8 Å². The fourth-order valence-electron chi connectivity index (χ4n) is 3.32. The number of hydrogen-bond acceptors (Lipinski definition) is 4. The summed E-state index contributed by atoms with van der Waals surface area (Å²) in [5.41, 5.74) is 7.32. The molecule has 2 amide bonds. The lowest BCUT2D eigenvalue weighted by Gasteiger charge is -2.16. The minimum Gasteiger partial charge on any atom is -0.494 e. The van der Waals surface area contributed by atoms with Crippen molar-refractivity contribution in [3.05, 3.63) is 51.2 Å². The number of carbonyl (C=O) groups excluding carboxylic acids is 2. The van der Waals surface area contributed by atoms with Crippen LogP contribution in [0.2, 0.25) is 0 Å². The average Bonchev–Trinajstić information content (AvgIpc) is 3.09. The van der Waals surface area contributed by atoms with E-state index >= 15 is 0 Å². The molecule has 2 N–H and O–H groups in total. The van der Waals surface area contributed by atoms with Crippen molar-refractivity contribution in [2.45, 2.75) is 46.0 Å². The molecule has 0 fully saturated rings. The van der Waals surface area contributed by atoms with Gasteiger partial charge in [0.25, 0.3) is 5.91 Å². The van der Waals surface area contributed by atoms with Crippen molar-refractivity contribution in [2.75, 3.05) is 6.61 Å². The van der Waals surface area contributed by atoms with Crippen LogP contribution in [0, 0.1) is 5.92 Å². The molecule has 1 aromatic carbocycles. The molecule has 0 radical (unpaired) electrons. The molecule has 0 spiro atoms. The number of benzene rings is 1. The third-order valence-corrected chi connectivity index (χ3v) is 6.00. The van der Waals surface area contributed by atoms with Crippen LogP contribution < -0.4 is 15.6 Å². The number of nitrogens with one attached hydrogen (secondary N) is 2. The molecule has 2 aromatic rings. The fraction of sp³-hybridized carbons (Fsp3) is 0.429. The third kappa shape index (κ3) is 5.10. The summed E-state index contributed by atoms with van der Waals surface area (Å²) in [6.45, 7) is 4.76. The van der Waals surface area contributed by atoms with E-state index in [1.54, 1.807) is 0 Å². The van der Waals surface area contributed by atoms with Crippen LogP contribution in [0.25, 0.3) is 0 Å². The van der Waals surface area contributed by atoms with Crippen LogP contribution in [0.1, 0.15) is 52.4 Å². The second kappa shape index (κ2) is 9.04. The number of amides is 2. The van der Waals surface area contributed by atoms with Gasteiger partial charge in [0, 0.05) is 11.3 Å². The zero-order valence-corrected chi connectivity index (χ0v) is 16.7.